The van der Waals surface area contributed by atoms with Crippen molar-refractivity contribution in [3.8, 4) is 17.2 Å². The van der Waals surface area contributed by atoms with Gasteiger partial charge in [-0.1, -0.05) is 18.2 Å². The standard InChI is InChI=1S/C21H16N2O6/c1-27-12-8-10-14-16(21(25)23(26)20(14)24)13-9-6-4-5-7-11(9)22-17(13)15(10)19(29-3)18(12)28-2/h4-8,22,26H,1-3H3. The molecule has 0 spiro atoms. The molecule has 0 saturated heterocycles. The first-order chi connectivity index (χ1) is 14.0. The normalized spacial score (nSPS) is 13.6. The van der Waals surface area contributed by atoms with Gasteiger partial charge in [0.25, 0.3) is 11.8 Å². The summed E-state index contributed by atoms with van der Waals surface area (Å²) < 4.78 is 16.6. The number of para-hydroxylation sites is 1. The molecule has 0 fully saturated rings. The van der Waals surface area contributed by atoms with Crippen molar-refractivity contribution in [2.24, 2.45) is 0 Å². The van der Waals surface area contributed by atoms with E-state index in [1.807, 2.05) is 24.3 Å². The number of hydrogen-bond donors (Lipinski definition) is 2. The van der Waals surface area contributed by atoms with Crippen LogP contribution in [0.15, 0.2) is 30.3 Å². The van der Waals surface area contributed by atoms with Crippen LogP contribution in [0, 0.1) is 0 Å². The Morgan fingerprint density at radius 1 is 0.862 bits per heavy atom. The van der Waals surface area contributed by atoms with Crippen LogP contribution < -0.4 is 14.2 Å². The quantitative estimate of drug-likeness (QED) is 0.409. The molecule has 0 saturated carbocycles. The Labute approximate surface area is 164 Å². The molecular formula is C21H16N2O6. The number of amides is 2. The van der Waals surface area contributed by atoms with Crippen molar-refractivity contribution in [2.75, 3.05) is 21.3 Å². The lowest BCUT2D eigenvalue weighted by Crippen LogP contribution is -2.25. The minimum absolute atomic E-state index is 0.101. The number of benzene rings is 3. The molecule has 8 heteroatoms. The van der Waals surface area contributed by atoms with Gasteiger partial charge in [0, 0.05) is 21.7 Å². The van der Waals surface area contributed by atoms with Gasteiger partial charge in [-0.2, -0.15) is 0 Å². The molecule has 8 nitrogen and oxygen atoms in total. The molecule has 1 aliphatic heterocycles. The molecule has 0 unspecified atom stereocenters. The molecule has 146 valence electrons. The van der Waals surface area contributed by atoms with Crippen LogP contribution in [0.25, 0.3) is 32.6 Å². The summed E-state index contributed by atoms with van der Waals surface area (Å²) in [5.74, 6) is -0.504. The summed E-state index contributed by atoms with van der Waals surface area (Å²) in [6, 6.07) is 9.05. The summed E-state index contributed by atoms with van der Waals surface area (Å²) in [5.41, 5.74) is 1.63. The third kappa shape index (κ3) is 2.01. The average molecular weight is 392 g/mol. The minimum Gasteiger partial charge on any atom is -0.493 e. The maximum Gasteiger partial charge on any atom is 0.286 e. The molecule has 0 bridgehead atoms. The van der Waals surface area contributed by atoms with Gasteiger partial charge in [0.05, 0.1) is 43.4 Å². The van der Waals surface area contributed by atoms with E-state index < -0.39 is 11.8 Å². The molecule has 2 amide bonds. The predicted molar refractivity (Wildman–Crippen MR) is 105 cm³/mol. The summed E-state index contributed by atoms with van der Waals surface area (Å²) >= 11 is 0. The van der Waals surface area contributed by atoms with E-state index >= 15 is 0 Å². The number of H-pyrrole nitrogens is 1. The molecule has 29 heavy (non-hydrogen) atoms. The van der Waals surface area contributed by atoms with Gasteiger partial charge in [-0.15, -0.1) is 5.06 Å². The average Bonchev–Trinajstić information content (AvgIpc) is 3.23. The second-order valence-corrected chi connectivity index (χ2v) is 6.66. The van der Waals surface area contributed by atoms with Gasteiger partial charge in [-0.3, -0.25) is 14.8 Å². The number of carbonyl (C=O) groups excluding carboxylic acids is 2. The smallest absolute Gasteiger partial charge is 0.286 e. The zero-order chi connectivity index (χ0) is 20.4. The van der Waals surface area contributed by atoms with Gasteiger partial charge >= 0.3 is 0 Å². The van der Waals surface area contributed by atoms with E-state index in [4.69, 9.17) is 14.2 Å². The van der Waals surface area contributed by atoms with Crippen molar-refractivity contribution >= 4 is 44.4 Å². The van der Waals surface area contributed by atoms with Gasteiger partial charge in [-0.05, 0) is 12.1 Å². The molecule has 3 aromatic carbocycles. The fourth-order valence-corrected chi connectivity index (χ4v) is 4.19. The Kier molecular flexibility index (Phi) is 3.50. The highest BCUT2D eigenvalue weighted by molar-refractivity contribution is 6.37. The molecular weight excluding hydrogens is 376 g/mol. The van der Waals surface area contributed by atoms with Crippen LogP contribution >= 0.6 is 0 Å². The molecule has 0 aliphatic carbocycles. The van der Waals surface area contributed by atoms with Crippen molar-refractivity contribution in [3.63, 3.8) is 0 Å². The van der Waals surface area contributed by atoms with E-state index in [1.165, 1.54) is 21.3 Å². The fraction of sp³-hybridized carbons (Fsp3) is 0.143. The van der Waals surface area contributed by atoms with Crippen molar-refractivity contribution in [2.45, 2.75) is 0 Å². The lowest BCUT2D eigenvalue weighted by Gasteiger charge is -2.16. The number of rotatable bonds is 3. The Hall–Kier alpha value is -3.78. The van der Waals surface area contributed by atoms with Gasteiger partial charge in [0.1, 0.15) is 0 Å². The number of methoxy groups -OCH3 is 3. The van der Waals surface area contributed by atoms with Crippen molar-refractivity contribution in [1.82, 2.24) is 10.0 Å². The fourth-order valence-electron chi connectivity index (χ4n) is 4.19. The minimum atomic E-state index is -0.795. The SMILES string of the molecule is COc1cc2c3c(c4c5ccccc5[nH]c4c2c(OC)c1OC)C(=O)N(O)C3=O. The van der Waals surface area contributed by atoms with E-state index in [0.717, 1.165) is 10.9 Å². The van der Waals surface area contributed by atoms with E-state index in [-0.39, 0.29) is 16.2 Å². The van der Waals surface area contributed by atoms with Crippen molar-refractivity contribution < 1.29 is 29.0 Å². The number of aromatic amines is 1. The summed E-state index contributed by atoms with van der Waals surface area (Å²) in [6.07, 6.45) is 0. The lowest BCUT2D eigenvalue weighted by atomic mass is 9.94. The molecule has 4 aromatic rings. The number of nitrogens with zero attached hydrogens (tertiary/aromatic N) is 1. The summed E-state index contributed by atoms with van der Waals surface area (Å²) in [6.45, 7) is 0. The number of hydrogen-bond acceptors (Lipinski definition) is 6. The van der Waals surface area contributed by atoms with Crippen LogP contribution in [-0.4, -0.2) is 48.4 Å². The predicted octanol–water partition coefficient (Wildman–Crippen LogP) is 3.49. The number of hydroxylamine groups is 2. The number of imide groups is 1. The van der Waals surface area contributed by atoms with Crippen LogP contribution in [0.3, 0.4) is 0 Å². The molecule has 2 heterocycles. The largest absolute Gasteiger partial charge is 0.493 e. The summed E-state index contributed by atoms with van der Waals surface area (Å²) in [4.78, 5) is 28.9. The van der Waals surface area contributed by atoms with Gasteiger partial charge in [0.15, 0.2) is 11.5 Å². The molecule has 1 aliphatic rings. The van der Waals surface area contributed by atoms with Crippen LogP contribution in [0.4, 0.5) is 0 Å². The monoisotopic (exact) mass is 392 g/mol. The van der Waals surface area contributed by atoms with E-state index in [1.54, 1.807) is 6.07 Å². The van der Waals surface area contributed by atoms with Crippen molar-refractivity contribution in [3.05, 3.63) is 41.5 Å². The van der Waals surface area contributed by atoms with Crippen LogP contribution in [0.2, 0.25) is 0 Å². The highest BCUT2D eigenvalue weighted by Gasteiger charge is 2.40. The van der Waals surface area contributed by atoms with Crippen LogP contribution in [0.5, 0.6) is 17.2 Å². The van der Waals surface area contributed by atoms with E-state index in [0.29, 0.717) is 38.9 Å². The Morgan fingerprint density at radius 2 is 1.55 bits per heavy atom. The third-order valence-electron chi connectivity index (χ3n) is 5.37. The first kappa shape index (κ1) is 17.3. The maximum atomic E-state index is 12.8. The highest BCUT2D eigenvalue weighted by Crippen LogP contribution is 2.50. The first-order valence-corrected chi connectivity index (χ1v) is 8.80. The first-order valence-electron chi connectivity index (χ1n) is 8.80. The third-order valence-corrected chi connectivity index (χ3v) is 5.37. The van der Waals surface area contributed by atoms with Gasteiger partial charge in [-0.25, -0.2) is 0 Å². The maximum absolute atomic E-state index is 12.8. The molecule has 0 radical (unpaired) electrons. The van der Waals surface area contributed by atoms with Crippen LogP contribution in [-0.2, 0) is 0 Å². The zero-order valence-corrected chi connectivity index (χ0v) is 15.8. The number of nitrogens with one attached hydrogen (secondary N) is 1. The highest BCUT2D eigenvalue weighted by atomic mass is 16.5. The summed E-state index contributed by atoms with van der Waals surface area (Å²) in [5, 5.41) is 12.5. The summed E-state index contributed by atoms with van der Waals surface area (Å²) in [7, 11) is 4.45. The number of ether oxygens (including phenoxy) is 3. The van der Waals surface area contributed by atoms with E-state index in [9.17, 15) is 14.8 Å². The molecule has 0 atom stereocenters. The molecule has 5 rings (SSSR count). The van der Waals surface area contributed by atoms with Crippen LogP contribution in [0.1, 0.15) is 20.7 Å². The zero-order valence-electron chi connectivity index (χ0n) is 15.8. The second kappa shape index (κ2) is 5.86. The topological polar surface area (TPSA) is 101 Å². The van der Waals surface area contributed by atoms with Crippen molar-refractivity contribution in [1.29, 1.82) is 0 Å². The Bertz CT molecular complexity index is 1370. The lowest BCUT2D eigenvalue weighted by molar-refractivity contribution is -0.0325. The number of fused-ring (bicyclic) bond motifs is 8. The van der Waals surface area contributed by atoms with Gasteiger partial charge in [0.2, 0.25) is 5.75 Å². The molecule has 1 aromatic heterocycles. The Morgan fingerprint density at radius 3 is 2.24 bits per heavy atom. The van der Waals surface area contributed by atoms with Gasteiger partial charge < -0.3 is 19.2 Å². The Balaban J connectivity index is 2.15. The second-order valence-electron chi connectivity index (χ2n) is 6.66. The van der Waals surface area contributed by atoms with E-state index in [2.05, 4.69) is 4.98 Å². The number of carbonyl (C=O) groups is 2. The number of aromatic nitrogens is 1. The molecule has 2 N–H and O–H groups in total.